The molecule has 2 heterocycles. The lowest BCUT2D eigenvalue weighted by atomic mass is 10.1. The van der Waals surface area contributed by atoms with Gasteiger partial charge in [-0.2, -0.15) is 4.31 Å². The Hall–Kier alpha value is -2.39. The maximum Gasteiger partial charge on any atom is 0.255 e. The van der Waals surface area contributed by atoms with Crippen molar-refractivity contribution in [2.45, 2.75) is 37.6 Å². The van der Waals surface area contributed by atoms with Crippen LogP contribution in [-0.2, 0) is 10.0 Å². The van der Waals surface area contributed by atoms with E-state index in [4.69, 9.17) is 9.26 Å². The number of nitrogens with one attached hydrogen (secondary N) is 1. The SMILES string of the molecule is COc1ccccc1C(=O)NC1CCN(S(=O)(=O)c2c(C)noc2C)CC1. The molecule has 0 saturated carbocycles. The van der Waals surface area contributed by atoms with Crippen LogP contribution in [0.25, 0.3) is 0 Å². The number of para-hydroxylation sites is 1. The van der Waals surface area contributed by atoms with E-state index in [2.05, 4.69) is 10.5 Å². The van der Waals surface area contributed by atoms with Gasteiger partial charge in [0, 0.05) is 19.1 Å². The van der Waals surface area contributed by atoms with Crippen molar-refractivity contribution in [1.29, 1.82) is 0 Å². The molecule has 0 bridgehead atoms. The van der Waals surface area contributed by atoms with Crippen molar-refractivity contribution >= 4 is 15.9 Å². The minimum atomic E-state index is -3.65. The third-order valence-electron chi connectivity index (χ3n) is 4.71. The minimum Gasteiger partial charge on any atom is -0.496 e. The fourth-order valence-electron chi connectivity index (χ4n) is 3.31. The molecule has 2 aromatic rings. The normalized spacial score (nSPS) is 16.3. The number of benzene rings is 1. The van der Waals surface area contributed by atoms with Crippen LogP contribution in [0.1, 0.15) is 34.7 Å². The number of aromatic nitrogens is 1. The first-order valence-electron chi connectivity index (χ1n) is 8.71. The Bertz CT molecular complexity index is 911. The highest BCUT2D eigenvalue weighted by atomic mass is 32.2. The Morgan fingerprint density at radius 1 is 1.26 bits per heavy atom. The molecule has 1 aromatic carbocycles. The quantitative estimate of drug-likeness (QED) is 0.832. The summed E-state index contributed by atoms with van der Waals surface area (Å²) in [7, 11) is -2.13. The van der Waals surface area contributed by atoms with Gasteiger partial charge in [0.1, 0.15) is 16.3 Å². The molecule has 1 saturated heterocycles. The van der Waals surface area contributed by atoms with Gasteiger partial charge in [-0.3, -0.25) is 4.79 Å². The lowest BCUT2D eigenvalue weighted by Crippen LogP contribution is -2.46. The second-order valence-corrected chi connectivity index (χ2v) is 8.38. The van der Waals surface area contributed by atoms with E-state index in [1.54, 1.807) is 38.1 Å². The molecule has 0 aliphatic carbocycles. The molecule has 0 radical (unpaired) electrons. The number of methoxy groups -OCH3 is 1. The third kappa shape index (κ3) is 3.84. The molecule has 1 aromatic heterocycles. The van der Waals surface area contributed by atoms with Gasteiger partial charge in [-0.05, 0) is 38.8 Å². The highest BCUT2D eigenvalue weighted by Crippen LogP contribution is 2.26. The Kier molecular flexibility index (Phi) is 5.52. The molecule has 1 aliphatic heterocycles. The zero-order valence-electron chi connectivity index (χ0n) is 15.6. The van der Waals surface area contributed by atoms with Crippen LogP contribution in [0.15, 0.2) is 33.7 Å². The molecule has 0 spiro atoms. The van der Waals surface area contributed by atoms with Crippen LogP contribution < -0.4 is 10.1 Å². The zero-order chi connectivity index (χ0) is 19.6. The monoisotopic (exact) mass is 393 g/mol. The van der Waals surface area contributed by atoms with E-state index in [0.29, 0.717) is 48.7 Å². The van der Waals surface area contributed by atoms with Crippen LogP contribution in [0.4, 0.5) is 0 Å². The van der Waals surface area contributed by atoms with Gasteiger partial charge in [-0.15, -0.1) is 0 Å². The largest absolute Gasteiger partial charge is 0.496 e. The van der Waals surface area contributed by atoms with Gasteiger partial charge in [0.2, 0.25) is 10.0 Å². The number of amides is 1. The topological polar surface area (TPSA) is 102 Å². The van der Waals surface area contributed by atoms with Gasteiger partial charge in [-0.1, -0.05) is 17.3 Å². The van der Waals surface area contributed by atoms with E-state index >= 15 is 0 Å². The Labute approximate surface area is 158 Å². The number of hydrogen-bond donors (Lipinski definition) is 1. The van der Waals surface area contributed by atoms with E-state index < -0.39 is 10.0 Å². The summed E-state index contributed by atoms with van der Waals surface area (Å²) < 4.78 is 37.3. The van der Waals surface area contributed by atoms with Gasteiger partial charge >= 0.3 is 0 Å². The van der Waals surface area contributed by atoms with Crippen molar-refractivity contribution in [3.8, 4) is 5.75 Å². The molecule has 9 heteroatoms. The van der Waals surface area contributed by atoms with Crippen LogP contribution in [0.3, 0.4) is 0 Å². The second-order valence-electron chi connectivity index (χ2n) is 6.51. The zero-order valence-corrected chi connectivity index (χ0v) is 16.4. The number of carbonyl (C=O) groups is 1. The molecule has 1 aliphatic rings. The predicted molar refractivity (Wildman–Crippen MR) is 98.2 cm³/mol. The van der Waals surface area contributed by atoms with Crippen molar-refractivity contribution in [2.24, 2.45) is 0 Å². The van der Waals surface area contributed by atoms with Crippen LogP contribution in [0.2, 0.25) is 0 Å². The summed E-state index contributed by atoms with van der Waals surface area (Å²) in [6.45, 7) is 3.85. The smallest absolute Gasteiger partial charge is 0.255 e. The Balaban J connectivity index is 1.65. The average molecular weight is 393 g/mol. The molecular formula is C18H23N3O5S. The first kappa shape index (κ1) is 19.4. The summed E-state index contributed by atoms with van der Waals surface area (Å²) in [5.41, 5.74) is 0.824. The van der Waals surface area contributed by atoms with Crippen molar-refractivity contribution in [3.05, 3.63) is 41.3 Å². The summed E-state index contributed by atoms with van der Waals surface area (Å²) in [6.07, 6.45) is 1.06. The average Bonchev–Trinajstić information content (AvgIpc) is 3.01. The van der Waals surface area contributed by atoms with Crippen molar-refractivity contribution in [1.82, 2.24) is 14.8 Å². The number of aryl methyl sites for hydroxylation is 2. The maximum absolute atomic E-state index is 12.8. The van der Waals surface area contributed by atoms with E-state index in [1.807, 2.05) is 0 Å². The summed E-state index contributed by atoms with van der Waals surface area (Å²) in [5.74, 6) is 0.576. The third-order valence-corrected chi connectivity index (χ3v) is 6.85. The second kappa shape index (κ2) is 7.69. The highest BCUT2D eigenvalue weighted by Gasteiger charge is 2.34. The van der Waals surface area contributed by atoms with E-state index in [1.165, 1.54) is 11.4 Å². The van der Waals surface area contributed by atoms with Crippen LogP contribution in [-0.4, -0.2) is 50.0 Å². The number of hydrogen-bond acceptors (Lipinski definition) is 6. The summed E-state index contributed by atoms with van der Waals surface area (Å²) in [6, 6.07) is 6.90. The van der Waals surface area contributed by atoms with E-state index in [-0.39, 0.29) is 16.8 Å². The summed E-state index contributed by atoms with van der Waals surface area (Å²) in [5, 5.41) is 6.70. The van der Waals surface area contributed by atoms with Gasteiger partial charge < -0.3 is 14.6 Å². The van der Waals surface area contributed by atoms with Crippen molar-refractivity contribution in [3.63, 3.8) is 0 Å². The molecule has 3 rings (SSSR count). The fourth-order valence-corrected chi connectivity index (χ4v) is 5.07. The molecule has 0 unspecified atom stereocenters. The molecule has 0 atom stereocenters. The lowest BCUT2D eigenvalue weighted by Gasteiger charge is -2.31. The first-order chi connectivity index (χ1) is 12.8. The fraction of sp³-hybridized carbons (Fsp3) is 0.444. The minimum absolute atomic E-state index is 0.0986. The van der Waals surface area contributed by atoms with Gasteiger partial charge in [0.25, 0.3) is 5.91 Å². The number of nitrogens with zero attached hydrogens (tertiary/aromatic N) is 2. The number of sulfonamides is 1. The molecule has 27 heavy (non-hydrogen) atoms. The summed E-state index contributed by atoms with van der Waals surface area (Å²) in [4.78, 5) is 12.6. The Morgan fingerprint density at radius 2 is 1.93 bits per heavy atom. The number of carbonyl (C=O) groups excluding carboxylic acids is 1. The number of rotatable bonds is 5. The maximum atomic E-state index is 12.8. The Morgan fingerprint density at radius 3 is 2.52 bits per heavy atom. The number of piperidine rings is 1. The molecular weight excluding hydrogens is 370 g/mol. The van der Waals surface area contributed by atoms with E-state index in [9.17, 15) is 13.2 Å². The molecule has 146 valence electrons. The van der Waals surface area contributed by atoms with E-state index in [0.717, 1.165) is 0 Å². The predicted octanol–water partition coefficient (Wildman–Crippen LogP) is 1.88. The standard InChI is InChI=1S/C18H23N3O5S/c1-12-17(13(2)26-20-12)27(23,24)21-10-8-14(9-11-21)19-18(22)15-6-4-5-7-16(15)25-3/h4-7,14H,8-11H2,1-3H3,(H,19,22). The molecule has 8 nitrogen and oxygen atoms in total. The van der Waals surface area contributed by atoms with Crippen LogP contribution in [0, 0.1) is 13.8 Å². The first-order valence-corrected chi connectivity index (χ1v) is 10.2. The molecule has 1 N–H and O–H groups in total. The van der Waals surface area contributed by atoms with Crippen LogP contribution >= 0.6 is 0 Å². The lowest BCUT2D eigenvalue weighted by molar-refractivity contribution is 0.0921. The van der Waals surface area contributed by atoms with Crippen molar-refractivity contribution < 1.29 is 22.5 Å². The van der Waals surface area contributed by atoms with Gasteiger partial charge in [-0.25, -0.2) is 8.42 Å². The van der Waals surface area contributed by atoms with Crippen molar-refractivity contribution in [2.75, 3.05) is 20.2 Å². The molecule has 1 fully saturated rings. The van der Waals surface area contributed by atoms with Gasteiger partial charge in [0.15, 0.2) is 5.76 Å². The summed E-state index contributed by atoms with van der Waals surface area (Å²) >= 11 is 0. The number of ether oxygens (including phenoxy) is 1. The molecule has 1 amide bonds. The van der Waals surface area contributed by atoms with Crippen LogP contribution in [0.5, 0.6) is 5.75 Å². The van der Waals surface area contributed by atoms with Gasteiger partial charge in [0.05, 0.1) is 12.7 Å². The highest BCUT2D eigenvalue weighted by molar-refractivity contribution is 7.89.